The fourth-order valence-electron chi connectivity index (χ4n) is 6.42. The summed E-state index contributed by atoms with van der Waals surface area (Å²) in [5.41, 5.74) is 0. The van der Waals surface area contributed by atoms with Gasteiger partial charge in [0.1, 0.15) is 12.7 Å². The third kappa shape index (κ3) is 42.1. The number of esters is 1. The van der Waals surface area contributed by atoms with E-state index in [4.69, 9.17) is 13.8 Å². The van der Waals surface area contributed by atoms with Gasteiger partial charge in [0, 0.05) is 12.8 Å². The topological polar surface area (TPSA) is 169 Å². The minimum absolute atomic E-state index is 0.146. The highest BCUT2D eigenvalue weighted by molar-refractivity contribution is 7.47. The van der Waals surface area contributed by atoms with E-state index in [0.717, 1.165) is 70.6 Å². The van der Waals surface area contributed by atoms with E-state index < -0.39 is 57.6 Å². The minimum Gasteiger partial charge on any atom is -0.480 e. The monoisotopic (exact) mass is 868 g/mol. The molecule has 4 N–H and O–H groups in total. The number of carbonyl (C=O) groups is 3. The normalized spacial score (nSPS) is 14.1. The van der Waals surface area contributed by atoms with Crippen molar-refractivity contribution in [1.82, 2.24) is 5.32 Å². The van der Waals surface area contributed by atoms with Gasteiger partial charge in [0.25, 0.3) is 0 Å². The van der Waals surface area contributed by atoms with Gasteiger partial charge in [-0.15, -0.1) is 0 Å². The summed E-state index contributed by atoms with van der Waals surface area (Å²) in [4.78, 5) is 46.0. The SMILES string of the molecule is CCCCC/C=C\C/C=C\C/C=C\C/C=C\CCCCCCCC(=O)OCC(O)COP(=O)(O)OCC(NC(=O)CCCCCCCCCCCCCCCCC)C(=O)O. The molecule has 0 aromatic carbocycles. The maximum Gasteiger partial charge on any atom is 0.472 e. The number of phosphoric acid groups is 1. The fourth-order valence-corrected chi connectivity index (χ4v) is 7.19. The molecule has 60 heavy (non-hydrogen) atoms. The second-order valence-corrected chi connectivity index (χ2v) is 17.4. The van der Waals surface area contributed by atoms with E-state index in [0.29, 0.717) is 12.8 Å². The number of carboxylic acid groups (broad SMARTS) is 1. The smallest absolute Gasteiger partial charge is 0.472 e. The molecule has 0 rings (SSSR count). The number of ether oxygens (including phenoxy) is 1. The van der Waals surface area contributed by atoms with Gasteiger partial charge in [0.15, 0.2) is 6.04 Å². The molecule has 0 radical (unpaired) electrons. The predicted octanol–water partition coefficient (Wildman–Crippen LogP) is 12.6. The van der Waals surface area contributed by atoms with E-state index in [9.17, 15) is 34.1 Å². The number of aliphatic hydroxyl groups excluding tert-OH is 1. The van der Waals surface area contributed by atoms with Gasteiger partial charge >= 0.3 is 19.8 Å². The lowest BCUT2D eigenvalue weighted by molar-refractivity contribution is -0.147. The Morgan fingerprint density at radius 1 is 0.533 bits per heavy atom. The number of hydrogen-bond acceptors (Lipinski definition) is 8. The summed E-state index contributed by atoms with van der Waals surface area (Å²) in [6.07, 6.45) is 48.4. The van der Waals surface area contributed by atoms with Crippen molar-refractivity contribution in [3.05, 3.63) is 48.6 Å². The van der Waals surface area contributed by atoms with Crippen molar-refractivity contribution in [3.8, 4) is 0 Å². The van der Waals surface area contributed by atoms with E-state index in [2.05, 4.69) is 67.8 Å². The van der Waals surface area contributed by atoms with Crippen molar-refractivity contribution < 1.29 is 47.8 Å². The minimum atomic E-state index is -4.76. The van der Waals surface area contributed by atoms with Gasteiger partial charge in [-0.05, 0) is 57.8 Å². The van der Waals surface area contributed by atoms with Gasteiger partial charge in [0.05, 0.1) is 13.2 Å². The molecule has 0 aliphatic heterocycles. The Labute approximate surface area is 364 Å². The summed E-state index contributed by atoms with van der Waals surface area (Å²) in [5.74, 6) is -2.39. The largest absolute Gasteiger partial charge is 0.480 e. The van der Waals surface area contributed by atoms with Crippen LogP contribution in [0.3, 0.4) is 0 Å². The van der Waals surface area contributed by atoms with Gasteiger partial charge in [-0.3, -0.25) is 18.6 Å². The highest BCUT2D eigenvalue weighted by Crippen LogP contribution is 2.43. The fraction of sp³-hybridized carbons (Fsp3) is 0.771. The number of aliphatic carboxylic acids is 1. The van der Waals surface area contributed by atoms with Gasteiger partial charge in [-0.2, -0.15) is 0 Å². The predicted molar refractivity (Wildman–Crippen MR) is 245 cm³/mol. The molecule has 0 aromatic rings. The number of amides is 1. The van der Waals surface area contributed by atoms with Crippen LogP contribution in [0.5, 0.6) is 0 Å². The van der Waals surface area contributed by atoms with Crippen molar-refractivity contribution in [3.63, 3.8) is 0 Å². The average molecular weight is 868 g/mol. The quantitative estimate of drug-likeness (QED) is 0.0200. The lowest BCUT2D eigenvalue weighted by atomic mass is 10.0. The first-order chi connectivity index (χ1) is 29.1. The number of rotatable bonds is 44. The highest BCUT2D eigenvalue weighted by atomic mass is 31.2. The van der Waals surface area contributed by atoms with Gasteiger partial charge < -0.3 is 25.2 Å². The van der Waals surface area contributed by atoms with Crippen LogP contribution in [0.1, 0.15) is 206 Å². The zero-order valence-electron chi connectivity index (χ0n) is 37.8. The molecule has 0 fully saturated rings. The van der Waals surface area contributed by atoms with E-state index in [1.165, 1.54) is 96.3 Å². The van der Waals surface area contributed by atoms with E-state index in [-0.39, 0.29) is 12.8 Å². The van der Waals surface area contributed by atoms with Crippen LogP contribution in [0.4, 0.5) is 0 Å². The van der Waals surface area contributed by atoms with E-state index in [1.807, 2.05) is 0 Å². The van der Waals surface area contributed by atoms with Crippen LogP contribution in [-0.4, -0.2) is 64.9 Å². The first-order valence-electron chi connectivity index (χ1n) is 23.7. The Morgan fingerprint density at radius 2 is 0.917 bits per heavy atom. The molecule has 3 atom stereocenters. The van der Waals surface area contributed by atoms with Crippen molar-refractivity contribution in [2.45, 2.75) is 219 Å². The Kier molecular flexibility index (Phi) is 41.3. The molecule has 0 saturated heterocycles. The lowest BCUT2D eigenvalue weighted by Crippen LogP contribution is -2.43. The molecule has 0 saturated carbocycles. The first kappa shape index (κ1) is 57.4. The van der Waals surface area contributed by atoms with Crippen LogP contribution in [0, 0.1) is 0 Å². The summed E-state index contributed by atoms with van der Waals surface area (Å²) in [6.45, 7) is 2.56. The molecule has 0 aliphatic carbocycles. The van der Waals surface area contributed by atoms with Gasteiger partial charge in [-0.25, -0.2) is 9.36 Å². The second kappa shape index (κ2) is 43.1. The Hall–Kier alpha value is -2.56. The zero-order valence-corrected chi connectivity index (χ0v) is 38.6. The number of allylic oxidation sites excluding steroid dienone is 8. The van der Waals surface area contributed by atoms with Crippen LogP contribution in [0.2, 0.25) is 0 Å². The number of aliphatic hydroxyl groups is 1. The lowest BCUT2D eigenvalue weighted by Gasteiger charge is -2.18. The average Bonchev–Trinajstić information content (AvgIpc) is 3.22. The summed E-state index contributed by atoms with van der Waals surface area (Å²) in [7, 11) is -4.76. The van der Waals surface area contributed by atoms with Crippen LogP contribution in [-0.2, 0) is 32.7 Å². The number of hydrogen-bond donors (Lipinski definition) is 4. The molecule has 0 heterocycles. The van der Waals surface area contributed by atoms with Crippen LogP contribution in [0.15, 0.2) is 48.6 Å². The van der Waals surface area contributed by atoms with Crippen LogP contribution in [0.25, 0.3) is 0 Å². The highest BCUT2D eigenvalue weighted by Gasteiger charge is 2.28. The summed E-state index contributed by atoms with van der Waals surface area (Å²) in [6, 6.07) is -1.55. The molecule has 12 heteroatoms. The van der Waals surface area contributed by atoms with Crippen LogP contribution >= 0.6 is 7.82 Å². The van der Waals surface area contributed by atoms with Gasteiger partial charge in [0.2, 0.25) is 5.91 Å². The van der Waals surface area contributed by atoms with E-state index >= 15 is 0 Å². The standard InChI is InChI=1S/C48H86NO10P/c1-3-5-7-9-11-13-15-17-19-20-21-22-23-24-26-28-30-32-34-36-38-40-47(52)57-41-44(50)42-58-60(55,56)59-43-45(48(53)54)49-46(51)39-37-35-33-31-29-27-25-18-16-14-12-10-8-6-4-2/h11,13,17,19,21-22,24,26,44-45,50H,3-10,12,14-16,18,20,23,25,27-43H2,1-2H3,(H,49,51)(H,53,54)(H,55,56)/b13-11-,19-17-,22-21-,26-24-. The molecular weight excluding hydrogens is 781 g/mol. The Bertz CT molecular complexity index is 1200. The first-order valence-corrected chi connectivity index (χ1v) is 25.2. The molecule has 0 aliphatic rings. The van der Waals surface area contributed by atoms with Crippen molar-refractivity contribution in [2.75, 3.05) is 19.8 Å². The Balaban J connectivity index is 3.89. The zero-order chi connectivity index (χ0) is 44.2. The molecule has 0 bridgehead atoms. The molecule has 348 valence electrons. The third-order valence-electron chi connectivity index (χ3n) is 10.1. The molecule has 0 spiro atoms. The summed E-state index contributed by atoms with van der Waals surface area (Å²) in [5, 5.41) is 21.9. The maximum absolute atomic E-state index is 12.3. The van der Waals surface area contributed by atoms with Crippen molar-refractivity contribution in [1.29, 1.82) is 0 Å². The van der Waals surface area contributed by atoms with E-state index in [1.54, 1.807) is 0 Å². The number of unbranched alkanes of at least 4 members (excludes halogenated alkanes) is 22. The molecule has 0 aromatic heterocycles. The van der Waals surface area contributed by atoms with Crippen molar-refractivity contribution >= 4 is 25.7 Å². The number of carbonyl (C=O) groups excluding carboxylic acids is 2. The summed E-state index contributed by atoms with van der Waals surface area (Å²) >= 11 is 0. The molecule has 1 amide bonds. The number of phosphoric ester groups is 1. The molecule has 11 nitrogen and oxygen atoms in total. The third-order valence-corrected chi connectivity index (χ3v) is 11.1. The number of nitrogens with one attached hydrogen (secondary N) is 1. The second-order valence-electron chi connectivity index (χ2n) is 15.9. The van der Waals surface area contributed by atoms with Crippen LogP contribution < -0.4 is 5.32 Å². The molecular formula is C48H86NO10P. The number of carboxylic acids is 1. The summed E-state index contributed by atoms with van der Waals surface area (Å²) < 4.78 is 26.9. The van der Waals surface area contributed by atoms with Crippen molar-refractivity contribution in [2.24, 2.45) is 0 Å². The molecule has 3 unspecified atom stereocenters. The Morgan fingerprint density at radius 3 is 1.40 bits per heavy atom. The van der Waals surface area contributed by atoms with Gasteiger partial charge in [-0.1, -0.05) is 184 Å². The maximum atomic E-state index is 12.3.